The molecule has 6 aromatic rings. The molecule has 2 aromatic heterocycles. The van der Waals surface area contributed by atoms with E-state index in [1.54, 1.807) is 7.11 Å². The van der Waals surface area contributed by atoms with Gasteiger partial charge in [-0.15, -0.1) is 0 Å². The standard InChI is InChI=1S/C36H35N3O4/c1-43-33-17-16-31-36(27-11-5-7-13-30(27)38(31)19-18-35(41)42)28(33)22-39-29-12-6-4-10-25(29)26-15-14-24(21-32(26)39)37-34(40)20-23-8-2-3-9-23/h4-7,10-17,21,23H,2-3,8-9,18-20,22H2,1H3,(H,37,40)(H,41,42). The number of nitrogens with one attached hydrogen (secondary N) is 1. The first-order valence-corrected chi connectivity index (χ1v) is 15.1. The van der Waals surface area contributed by atoms with Gasteiger partial charge >= 0.3 is 5.97 Å². The number of hydrogen-bond acceptors (Lipinski definition) is 3. The zero-order valence-corrected chi connectivity index (χ0v) is 24.3. The zero-order chi connectivity index (χ0) is 29.5. The second-order valence-corrected chi connectivity index (χ2v) is 11.7. The Balaban J connectivity index is 1.37. The van der Waals surface area contributed by atoms with Crippen LogP contribution in [0.3, 0.4) is 0 Å². The molecular formula is C36H35N3O4. The number of methoxy groups -OCH3 is 1. The topological polar surface area (TPSA) is 85.5 Å². The van der Waals surface area contributed by atoms with E-state index in [1.165, 1.54) is 12.8 Å². The van der Waals surface area contributed by atoms with Crippen LogP contribution >= 0.6 is 0 Å². The molecule has 0 unspecified atom stereocenters. The van der Waals surface area contributed by atoms with E-state index in [1.807, 2.05) is 30.3 Å². The van der Waals surface area contributed by atoms with Crippen molar-refractivity contribution in [3.8, 4) is 5.75 Å². The van der Waals surface area contributed by atoms with Crippen LogP contribution in [0.25, 0.3) is 43.6 Å². The van der Waals surface area contributed by atoms with E-state index in [-0.39, 0.29) is 12.3 Å². The predicted molar refractivity (Wildman–Crippen MR) is 172 cm³/mol. The van der Waals surface area contributed by atoms with Gasteiger partial charge in [-0.3, -0.25) is 9.59 Å². The average molecular weight is 574 g/mol. The highest BCUT2D eigenvalue weighted by molar-refractivity contribution is 6.12. The summed E-state index contributed by atoms with van der Waals surface area (Å²) < 4.78 is 10.4. The molecule has 0 saturated heterocycles. The maximum Gasteiger partial charge on any atom is 0.305 e. The number of nitrogens with zero attached hydrogens (tertiary/aromatic N) is 2. The molecule has 7 rings (SSSR count). The maximum absolute atomic E-state index is 12.9. The lowest BCUT2D eigenvalue weighted by Gasteiger charge is -2.15. The van der Waals surface area contributed by atoms with Crippen molar-refractivity contribution in [3.63, 3.8) is 0 Å². The highest BCUT2D eigenvalue weighted by Gasteiger charge is 2.21. The van der Waals surface area contributed by atoms with Crippen LogP contribution in [0.15, 0.2) is 78.9 Å². The summed E-state index contributed by atoms with van der Waals surface area (Å²) in [5.74, 6) is 0.520. The van der Waals surface area contributed by atoms with Crippen molar-refractivity contribution in [2.24, 2.45) is 5.92 Å². The molecule has 1 fully saturated rings. The van der Waals surface area contributed by atoms with E-state index in [9.17, 15) is 14.7 Å². The molecule has 7 nitrogen and oxygen atoms in total. The van der Waals surface area contributed by atoms with Crippen LogP contribution in [0.2, 0.25) is 0 Å². The van der Waals surface area contributed by atoms with Crippen LogP contribution in [0.5, 0.6) is 5.75 Å². The van der Waals surface area contributed by atoms with Gasteiger partial charge in [0.2, 0.25) is 5.91 Å². The van der Waals surface area contributed by atoms with Gasteiger partial charge in [0, 0.05) is 62.3 Å². The highest BCUT2D eigenvalue weighted by atomic mass is 16.5. The summed E-state index contributed by atoms with van der Waals surface area (Å²) in [5.41, 5.74) is 5.95. The number of benzene rings is 4. The number of fused-ring (bicyclic) bond motifs is 6. The van der Waals surface area contributed by atoms with Crippen molar-refractivity contribution in [1.29, 1.82) is 0 Å². The Hall–Kier alpha value is -4.78. The van der Waals surface area contributed by atoms with Gasteiger partial charge in [-0.25, -0.2) is 0 Å². The lowest BCUT2D eigenvalue weighted by molar-refractivity contribution is -0.137. The number of amides is 1. The van der Waals surface area contributed by atoms with Gasteiger partial charge in [0.15, 0.2) is 0 Å². The Morgan fingerprint density at radius 1 is 0.837 bits per heavy atom. The first-order chi connectivity index (χ1) is 21.0. The molecule has 1 aliphatic rings. The molecule has 4 aromatic carbocycles. The first-order valence-electron chi connectivity index (χ1n) is 15.1. The van der Waals surface area contributed by atoms with Gasteiger partial charge < -0.3 is 24.3 Å². The number of ether oxygens (including phenoxy) is 1. The van der Waals surface area contributed by atoms with Gasteiger partial charge in [-0.05, 0) is 55.2 Å². The number of anilines is 1. The van der Waals surface area contributed by atoms with Gasteiger partial charge in [-0.1, -0.05) is 55.3 Å². The molecule has 1 aliphatic carbocycles. The summed E-state index contributed by atoms with van der Waals surface area (Å²) in [4.78, 5) is 24.4. The molecule has 0 atom stereocenters. The Bertz CT molecular complexity index is 2010. The number of carboxylic acid groups (broad SMARTS) is 1. The Labute approximate surface area is 249 Å². The van der Waals surface area contributed by atoms with Crippen LogP contribution in [0.4, 0.5) is 5.69 Å². The van der Waals surface area contributed by atoms with Crippen LogP contribution in [0, 0.1) is 5.92 Å². The monoisotopic (exact) mass is 573 g/mol. The minimum absolute atomic E-state index is 0.0389. The molecule has 1 saturated carbocycles. The zero-order valence-electron chi connectivity index (χ0n) is 24.3. The van der Waals surface area contributed by atoms with Crippen molar-refractivity contribution in [2.45, 2.75) is 51.6 Å². The van der Waals surface area contributed by atoms with Crippen molar-refractivity contribution >= 4 is 61.2 Å². The van der Waals surface area contributed by atoms with Crippen molar-refractivity contribution < 1.29 is 19.4 Å². The number of para-hydroxylation sites is 2. The molecular weight excluding hydrogens is 538 g/mol. The molecule has 43 heavy (non-hydrogen) atoms. The smallest absolute Gasteiger partial charge is 0.305 e. The van der Waals surface area contributed by atoms with Crippen LogP contribution in [-0.4, -0.2) is 33.2 Å². The van der Waals surface area contributed by atoms with Gasteiger partial charge in [-0.2, -0.15) is 0 Å². The Morgan fingerprint density at radius 3 is 2.28 bits per heavy atom. The number of carboxylic acids is 1. The fourth-order valence-corrected chi connectivity index (χ4v) is 7.13. The third-order valence-electron chi connectivity index (χ3n) is 9.09. The molecule has 0 aliphatic heterocycles. The third kappa shape index (κ3) is 4.88. The minimum atomic E-state index is -0.823. The highest BCUT2D eigenvalue weighted by Crippen LogP contribution is 2.39. The second kappa shape index (κ2) is 11.1. The number of carbonyl (C=O) groups excluding carboxylic acids is 1. The number of hydrogen-bond donors (Lipinski definition) is 2. The number of rotatable bonds is 9. The number of aryl methyl sites for hydroxylation is 1. The van der Waals surface area contributed by atoms with E-state index in [0.29, 0.717) is 25.4 Å². The largest absolute Gasteiger partial charge is 0.496 e. The molecule has 218 valence electrons. The van der Waals surface area contributed by atoms with Gasteiger partial charge in [0.1, 0.15) is 5.75 Å². The van der Waals surface area contributed by atoms with E-state index in [0.717, 1.165) is 73.5 Å². The molecule has 2 heterocycles. The van der Waals surface area contributed by atoms with E-state index in [4.69, 9.17) is 4.74 Å². The van der Waals surface area contributed by atoms with Crippen LogP contribution < -0.4 is 10.1 Å². The SMILES string of the molecule is COc1ccc2c(c1Cn1c3ccccc3c3ccc(NC(=O)CC4CCCC4)cc31)c1ccccc1n2CCC(=O)O. The Kier molecular flexibility index (Phi) is 7.01. The van der Waals surface area contributed by atoms with Crippen LogP contribution in [-0.2, 0) is 22.7 Å². The van der Waals surface area contributed by atoms with Gasteiger partial charge in [0.05, 0.1) is 25.6 Å². The minimum Gasteiger partial charge on any atom is -0.496 e. The maximum atomic E-state index is 12.9. The normalized spacial score (nSPS) is 13.9. The summed E-state index contributed by atoms with van der Waals surface area (Å²) in [6.45, 7) is 0.918. The van der Waals surface area contributed by atoms with E-state index < -0.39 is 5.97 Å². The summed E-state index contributed by atoms with van der Waals surface area (Å²) in [5, 5.41) is 17.0. The number of aliphatic carboxylic acids is 1. The third-order valence-corrected chi connectivity index (χ3v) is 9.09. The fourth-order valence-electron chi connectivity index (χ4n) is 7.13. The molecule has 1 amide bonds. The Morgan fingerprint density at radius 2 is 1.53 bits per heavy atom. The quantitative estimate of drug-likeness (QED) is 0.184. The summed E-state index contributed by atoms with van der Waals surface area (Å²) in [7, 11) is 1.69. The number of aromatic nitrogens is 2. The molecule has 0 bridgehead atoms. The lowest BCUT2D eigenvalue weighted by Crippen LogP contribution is -2.15. The predicted octanol–water partition coefficient (Wildman–Crippen LogP) is 7.95. The molecule has 7 heteroatoms. The lowest BCUT2D eigenvalue weighted by atomic mass is 10.0. The summed E-state index contributed by atoms with van der Waals surface area (Å²) in [6.07, 6.45) is 5.34. The van der Waals surface area contributed by atoms with E-state index >= 15 is 0 Å². The molecule has 2 N–H and O–H groups in total. The average Bonchev–Trinajstić information content (AvgIpc) is 3.72. The van der Waals surface area contributed by atoms with Crippen molar-refractivity contribution in [3.05, 3.63) is 84.4 Å². The van der Waals surface area contributed by atoms with Gasteiger partial charge in [0.25, 0.3) is 0 Å². The van der Waals surface area contributed by atoms with Crippen molar-refractivity contribution in [1.82, 2.24) is 9.13 Å². The fraction of sp³-hybridized carbons (Fsp3) is 0.278. The summed E-state index contributed by atoms with van der Waals surface area (Å²) in [6, 6.07) is 26.8. The number of carbonyl (C=O) groups is 2. The second-order valence-electron chi connectivity index (χ2n) is 11.7. The van der Waals surface area contributed by atoms with E-state index in [2.05, 4.69) is 63.0 Å². The van der Waals surface area contributed by atoms with Crippen LogP contribution in [0.1, 0.15) is 44.1 Å². The van der Waals surface area contributed by atoms with Crippen molar-refractivity contribution in [2.75, 3.05) is 12.4 Å². The molecule has 0 radical (unpaired) electrons. The molecule has 0 spiro atoms. The first kappa shape index (κ1) is 27.1. The summed E-state index contributed by atoms with van der Waals surface area (Å²) >= 11 is 0.